The zero-order chi connectivity index (χ0) is 40.2. The molecular formula is C49H31F6N3. The molecule has 9 rings (SSSR count). The molecule has 0 saturated heterocycles. The first-order valence-corrected chi connectivity index (χ1v) is 18.5. The van der Waals surface area contributed by atoms with Crippen LogP contribution in [0, 0.1) is 6.92 Å². The van der Waals surface area contributed by atoms with Gasteiger partial charge in [0.15, 0.2) is 5.82 Å². The number of rotatable bonds is 6. The second-order valence-corrected chi connectivity index (χ2v) is 14.1. The fraction of sp³-hybridized carbons (Fsp3) is 0.0612. The van der Waals surface area contributed by atoms with Gasteiger partial charge in [-0.05, 0) is 66.6 Å². The fourth-order valence-corrected chi connectivity index (χ4v) is 7.76. The monoisotopic (exact) mass is 775 g/mol. The van der Waals surface area contributed by atoms with Crippen molar-refractivity contribution in [2.45, 2.75) is 19.3 Å². The molecule has 0 fully saturated rings. The lowest BCUT2D eigenvalue weighted by Crippen LogP contribution is -2.11. The predicted molar refractivity (Wildman–Crippen MR) is 218 cm³/mol. The fourth-order valence-electron chi connectivity index (χ4n) is 7.76. The molecule has 2 aromatic heterocycles. The van der Waals surface area contributed by atoms with Gasteiger partial charge < -0.3 is 4.57 Å². The van der Waals surface area contributed by atoms with Crippen LogP contribution in [0.1, 0.15) is 16.7 Å². The summed E-state index contributed by atoms with van der Waals surface area (Å²) in [5, 5.41) is 1.60. The molecule has 9 heteroatoms. The highest BCUT2D eigenvalue weighted by atomic mass is 19.4. The van der Waals surface area contributed by atoms with Crippen LogP contribution >= 0.6 is 0 Å². The maximum atomic E-state index is 15.1. The van der Waals surface area contributed by atoms with Gasteiger partial charge in [-0.3, -0.25) is 0 Å². The molecule has 0 aliphatic rings. The van der Waals surface area contributed by atoms with E-state index in [1.807, 2.05) is 110 Å². The summed E-state index contributed by atoms with van der Waals surface area (Å²) in [6, 6.07) is 47.1. The Kier molecular flexibility index (Phi) is 8.96. The lowest BCUT2D eigenvalue weighted by atomic mass is 9.88. The molecule has 0 saturated carbocycles. The number of fused-ring (bicyclic) bond motifs is 3. The molecule has 0 bridgehead atoms. The topological polar surface area (TPSA) is 30.7 Å². The second kappa shape index (κ2) is 14.2. The van der Waals surface area contributed by atoms with Gasteiger partial charge in [-0.2, -0.15) is 26.3 Å². The summed E-state index contributed by atoms with van der Waals surface area (Å²) in [7, 11) is 0. The zero-order valence-electron chi connectivity index (χ0n) is 30.8. The molecule has 0 radical (unpaired) electrons. The highest BCUT2D eigenvalue weighted by molar-refractivity contribution is 6.11. The van der Waals surface area contributed by atoms with Gasteiger partial charge in [0.05, 0.1) is 39.2 Å². The van der Waals surface area contributed by atoms with E-state index in [2.05, 4.69) is 0 Å². The average molecular weight is 776 g/mol. The molecule has 0 unspecified atom stereocenters. The number of para-hydroxylation sites is 1. The van der Waals surface area contributed by atoms with Crippen LogP contribution in [-0.2, 0) is 12.4 Å². The molecule has 7 aromatic carbocycles. The summed E-state index contributed by atoms with van der Waals surface area (Å²) in [6.07, 6.45) is -9.62. The zero-order valence-corrected chi connectivity index (χ0v) is 30.8. The number of nitrogens with zero attached hydrogens (tertiary/aromatic N) is 3. The minimum atomic E-state index is -4.81. The summed E-state index contributed by atoms with van der Waals surface area (Å²) in [6.45, 7) is 1.93. The van der Waals surface area contributed by atoms with Crippen molar-refractivity contribution in [3.05, 3.63) is 187 Å². The maximum Gasteiger partial charge on any atom is 0.417 e. The highest BCUT2D eigenvalue weighted by Crippen LogP contribution is 2.49. The summed E-state index contributed by atoms with van der Waals surface area (Å²) in [5.41, 5.74) is 2.92. The molecule has 3 nitrogen and oxygen atoms in total. The number of alkyl halides is 6. The van der Waals surface area contributed by atoms with Crippen LogP contribution < -0.4 is 0 Å². The molecule has 2 heterocycles. The third-order valence-electron chi connectivity index (χ3n) is 10.3. The van der Waals surface area contributed by atoms with Crippen LogP contribution in [0.4, 0.5) is 26.3 Å². The Hall–Kier alpha value is -7.00. The Bertz CT molecular complexity index is 2850. The molecule has 284 valence electrons. The number of hydrogen-bond acceptors (Lipinski definition) is 2. The van der Waals surface area contributed by atoms with Gasteiger partial charge in [0, 0.05) is 38.6 Å². The van der Waals surface area contributed by atoms with Crippen molar-refractivity contribution >= 4 is 21.8 Å². The third-order valence-corrected chi connectivity index (χ3v) is 10.3. The van der Waals surface area contributed by atoms with Crippen LogP contribution in [-0.4, -0.2) is 14.5 Å². The minimum Gasteiger partial charge on any atom is -0.308 e. The first-order valence-electron chi connectivity index (χ1n) is 18.5. The molecule has 0 atom stereocenters. The van der Waals surface area contributed by atoms with E-state index in [1.165, 1.54) is 36.4 Å². The Morgan fingerprint density at radius 2 is 0.879 bits per heavy atom. The molecule has 9 aromatic rings. The lowest BCUT2D eigenvalue weighted by molar-refractivity contribution is -0.137. The number of benzene rings is 7. The van der Waals surface area contributed by atoms with Crippen molar-refractivity contribution in [3.8, 4) is 61.8 Å². The van der Waals surface area contributed by atoms with Crippen LogP contribution in [0.2, 0.25) is 0 Å². The quantitative estimate of drug-likeness (QED) is 0.158. The van der Waals surface area contributed by atoms with Gasteiger partial charge in [0.2, 0.25) is 0 Å². The van der Waals surface area contributed by atoms with Crippen molar-refractivity contribution < 1.29 is 26.3 Å². The minimum absolute atomic E-state index is 0.0515. The first kappa shape index (κ1) is 36.6. The Balaban J connectivity index is 1.48. The van der Waals surface area contributed by atoms with Gasteiger partial charge in [-0.15, -0.1) is 0 Å². The number of hydrogen-bond donors (Lipinski definition) is 0. The van der Waals surface area contributed by atoms with Gasteiger partial charge in [0.1, 0.15) is 0 Å². The molecule has 0 aliphatic heterocycles. The lowest BCUT2D eigenvalue weighted by Gasteiger charge is -2.24. The second-order valence-electron chi connectivity index (χ2n) is 14.1. The van der Waals surface area contributed by atoms with E-state index < -0.39 is 23.5 Å². The summed E-state index contributed by atoms with van der Waals surface area (Å²) in [5.74, 6) is 0.126. The van der Waals surface area contributed by atoms with Crippen LogP contribution in [0.25, 0.3) is 83.6 Å². The molecule has 0 amide bonds. The largest absolute Gasteiger partial charge is 0.417 e. The third kappa shape index (κ3) is 6.58. The van der Waals surface area contributed by atoms with Gasteiger partial charge in [-0.1, -0.05) is 127 Å². The highest BCUT2D eigenvalue weighted by Gasteiger charge is 2.37. The standard InChI is InChI=1S/C49H31F6N3/c1-30-24-25-45-37(26-30)36-20-10-13-23-44(36)58(45)46-38(34-18-8-11-21-40(34)48(50,51)52)27-33(28-39(46)35-19-9-12-22-41(35)49(53,54)55)47-56-42(31-14-4-2-5-15-31)29-43(57-47)32-16-6-3-7-17-32/h2-29H,1H3. The van der Waals surface area contributed by atoms with Crippen LogP contribution in [0.15, 0.2) is 170 Å². The normalized spacial score (nSPS) is 12.1. The number of aromatic nitrogens is 3. The molecular weight excluding hydrogens is 745 g/mol. The molecule has 58 heavy (non-hydrogen) atoms. The average Bonchev–Trinajstić information content (AvgIpc) is 3.56. The molecule has 0 N–H and O–H groups in total. The Labute approximate surface area is 329 Å². The maximum absolute atomic E-state index is 15.1. The van der Waals surface area contributed by atoms with E-state index in [0.29, 0.717) is 22.4 Å². The summed E-state index contributed by atoms with van der Waals surface area (Å²) in [4.78, 5) is 9.90. The Morgan fingerprint density at radius 1 is 0.414 bits per heavy atom. The Morgan fingerprint density at radius 3 is 1.41 bits per heavy atom. The van der Waals surface area contributed by atoms with Crippen molar-refractivity contribution in [3.63, 3.8) is 0 Å². The molecule has 0 spiro atoms. The van der Waals surface area contributed by atoms with E-state index in [0.717, 1.165) is 39.6 Å². The summed E-state index contributed by atoms with van der Waals surface area (Å²) < 4.78 is 92.5. The summed E-state index contributed by atoms with van der Waals surface area (Å²) >= 11 is 0. The van der Waals surface area contributed by atoms with Gasteiger partial charge >= 0.3 is 12.4 Å². The molecule has 0 aliphatic carbocycles. The number of halogens is 6. The van der Waals surface area contributed by atoms with E-state index in [-0.39, 0.29) is 39.3 Å². The van der Waals surface area contributed by atoms with Crippen molar-refractivity contribution in [1.82, 2.24) is 14.5 Å². The smallest absolute Gasteiger partial charge is 0.308 e. The van der Waals surface area contributed by atoms with E-state index in [9.17, 15) is 0 Å². The number of aryl methyl sites for hydroxylation is 1. The van der Waals surface area contributed by atoms with E-state index in [1.54, 1.807) is 22.8 Å². The van der Waals surface area contributed by atoms with Crippen LogP contribution in [0.5, 0.6) is 0 Å². The van der Waals surface area contributed by atoms with Crippen molar-refractivity contribution in [2.24, 2.45) is 0 Å². The van der Waals surface area contributed by atoms with Crippen LogP contribution in [0.3, 0.4) is 0 Å². The van der Waals surface area contributed by atoms with Gasteiger partial charge in [0.25, 0.3) is 0 Å². The van der Waals surface area contributed by atoms with E-state index >= 15 is 26.3 Å². The predicted octanol–water partition coefficient (Wildman–Crippen LogP) is 14.3. The van der Waals surface area contributed by atoms with Gasteiger partial charge in [-0.25, -0.2) is 9.97 Å². The van der Waals surface area contributed by atoms with Crippen molar-refractivity contribution in [2.75, 3.05) is 0 Å². The van der Waals surface area contributed by atoms with E-state index in [4.69, 9.17) is 9.97 Å². The van der Waals surface area contributed by atoms with Crippen molar-refractivity contribution in [1.29, 1.82) is 0 Å². The SMILES string of the molecule is Cc1ccc2c(c1)c1ccccc1n2-c1c(-c2ccccc2C(F)(F)F)cc(-c2nc(-c3ccccc3)cc(-c3ccccc3)n2)cc1-c1ccccc1C(F)(F)F. The first-order chi connectivity index (χ1) is 28.0.